The van der Waals surface area contributed by atoms with Crippen LogP contribution in [0.1, 0.15) is 46.1 Å². The fourth-order valence-electron chi connectivity index (χ4n) is 1.32. The molecule has 0 radical (unpaired) electrons. The second-order valence-electron chi connectivity index (χ2n) is 5.30. The van der Waals surface area contributed by atoms with Crippen molar-refractivity contribution in [1.29, 1.82) is 0 Å². The number of nitrogen functional groups attached to an aromatic ring is 1. The zero-order valence-electron chi connectivity index (χ0n) is 11.0. The van der Waals surface area contributed by atoms with Crippen molar-refractivity contribution in [2.24, 2.45) is 0 Å². The van der Waals surface area contributed by atoms with Crippen LogP contribution >= 0.6 is 27.7 Å². The van der Waals surface area contributed by atoms with Gasteiger partial charge in [0.15, 0.2) is 0 Å². The fourth-order valence-corrected chi connectivity index (χ4v) is 2.70. The summed E-state index contributed by atoms with van der Waals surface area (Å²) in [6, 6.07) is 0. The van der Waals surface area contributed by atoms with Crippen LogP contribution < -0.4 is 5.73 Å². The van der Waals surface area contributed by atoms with Crippen LogP contribution in [0.4, 0.5) is 5.82 Å². The highest BCUT2D eigenvalue weighted by atomic mass is 79.9. The second-order valence-corrected chi connectivity index (χ2v) is 7.66. The summed E-state index contributed by atoms with van der Waals surface area (Å²) in [4.78, 5) is 8.94. The van der Waals surface area contributed by atoms with Crippen molar-refractivity contribution in [3.63, 3.8) is 0 Å². The normalized spacial score (nSPS) is 12.2. The average molecular weight is 318 g/mol. The minimum Gasteiger partial charge on any atom is -0.383 e. The lowest BCUT2D eigenvalue weighted by Gasteiger charge is -2.21. The summed E-state index contributed by atoms with van der Waals surface area (Å²) in [6.07, 6.45) is 0. The highest BCUT2D eigenvalue weighted by molar-refractivity contribution is 9.10. The summed E-state index contributed by atoms with van der Waals surface area (Å²) >= 11 is 5.30. The van der Waals surface area contributed by atoms with E-state index < -0.39 is 0 Å². The Bertz CT molecular complexity index is 399. The molecule has 0 saturated heterocycles. The lowest BCUT2D eigenvalue weighted by atomic mass is 9.92. The third kappa shape index (κ3) is 4.14. The molecule has 0 aromatic carbocycles. The zero-order chi connectivity index (χ0) is 13.2. The first-order valence-electron chi connectivity index (χ1n) is 5.65. The Morgan fingerprint density at radius 1 is 1.29 bits per heavy atom. The van der Waals surface area contributed by atoms with E-state index in [9.17, 15) is 0 Å². The molecule has 0 spiro atoms. The lowest BCUT2D eigenvalue weighted by molar-refractivity contribution is 0.561. The Balaban J connectivity index is 3.07. The summed E-state index contributed by atoms with van der Waals surface area (Å²) in [5.74, 6) is 2.15. The molecule has 0 fully saturated rings. The summed E-state index contributed by atoms with van der Waals surface area (Å²) in [5, 5.41) is 0.571. The largest absolute Gasteiger partial charge is 0.383 e. The van der Waals surface area contributed by atoms with E-state index in [0.717, 1.165) is 21.7 Å². The Morgan fingerprint density at radius 2 is 1.88 bits per heavy atom. The molecule has 0 amide bonds. The van der Waals surface area contributed by atoms with Gasteiger partial charge in [0.2, 0.25) is 0 Å². The predicted molar refractivity (Wildman–Crippen MR) is 79.3 cm³/mol. The van der Waals surface area contributed by atoms with E-state index in [1.165, 1.54) is 0 Å². The second kappa shape index (κ2) is 5.57. The third-order valence-electron chi connectivity index (χ3n) is 2.18. The molecule has 2 N–H and O–H groups in total. The molecule has 3 nitrogen and oxygen atoms in total. The maximum absolute atomic E-state index is 5.92. The number of rotatable bonds is 3. The van der Waals surface area contributed by atoms with Crippen LogP contribution in [-0.4, -0.2) is 15.2 Å². The highest BCUT2D eigenvalue weighted by Gasteiger charge is 2.22. The van der Waals surface area contributed by atoms with Gasteiger partial charge in [-0.2, -0.15) is 11.8 Å². The van der Waals surface area contributed by atoms with Crippen LogP contribution in [0.5, 0.6) is 0 Å². The summed E-state index contributed by atoms with van der Waals surface area (Å²) < 4.78 is 0.822. The molecular formula is C12H20BrN3S. The number of nitrogens with zero attached hydrogens (tertiary/aromatic N) is 2. The van der Waals surface area contributed by atoms with E-state index in [1.807, 2.05) is 11.8 Å². The van der Waals surface area contributed by atoms with Gasteiger partial charge in [0.05, 0.1) is 15.9 Å². The molecule has 0 bridgehead atoms. The van der Waals surface area contributed by atoms with Crippen LogP contribution in [0.25, 0.3) is 0 Å². The van der Waals surface area contributed by atoms with Gasteiger partial charge in [-0.1, -0.05) is 34.6 Å². The SMILES string of the molecule is CC(C)SCc1nc(N)c(Br)c(C(C)(C)C)n1. The van der Waals surface area contributed by atoms with Crippen molar-refractivity contribution in [3.8, 4) is 0 Å². The standard InChI is InChI=1S/C12H20BrN3S/c1-7(2)17-6-8-15-10(12(3,4)5)9(13)11(14)16-8/h7H,6H2,1-5H3,(H2,14,15,16). The van der Waals surface area contributed by atoms with E-state index in [2.05, 4.69) is 60.5 Å². The predicted octanol–water partition coefficient (Wildman–Crippen LogP) is 3.76. The quantitative estimate of drug-likeness (QED) is 0.922. The molecule has 96 valence electrons. The molecule has 0 aliphatic rings. The van der Waals surface area contributed by atoms with Gasteiger partial charge in [-0.3, -0.25) is 0 Å². The smallest absolute Gasteiger partial charge is 0.141 e. The summed E-state index contributed by atoms with van der Waals surface area (Å²) in [7, 11) is 0. The van der Waals surface area contributed by atoms with Crippen molar-refractivity contribution >= 4 is 33.5 Å². The fraction of sp³-hybridized carbons (Fsp3) is 0.667. The number of nitrogens with two attached hydrogens (primary N) is 1. The maximum Gasteiger partial charge on any atom is 0.141 e. The zero-order valence-corrected chi connectivity index (χ0v) is 13.4. The summed E-state index contributed by atoms with van der Waals surface area (Å²) in [5.41, 5.74) is 6.86. The van der Waals surface area contributed by atoms with E-state index >= 15 is 0 Å². The van der Waals surface area contributed by atoms with E-state index in [1.54, 1.807) is 0 Å². The van der Waals surface area contributed by atoms with Gasteiger partial charge in [-0.15, -0.1) is 0 Å². The van der Waals surface area contributed by atoms with Crippen molar-refractivity contribution < 1.29 is 0 Å². The molecule has 17 heavy (non-hydrogen) atoms. The lowest BCUT2D eigenvalue weighted by Crippen LogP contribution is -2.18. The van der Waals surface area contributed by atoms with Gasteiger partial charge in [-0.25, -0.2) is 9.97 Å². The van der Waals surface area contributed by atoms with Crippen LogP contribution in [0.3, 0.4) is 0 Å². The van der Waals surface area contributed by atoms with Gasteiger partial charge >= 0.3 is 0 Å². The van der Waals surface area contributed by atoms with Crippen LogP contribution in [0.15, 0.2) is 4.47 Å². The van der Waals surface area contributed by atoms with Crippen molar-refractivity contribution in [2.75, 3.05) is 5.73 Å². The Hall–Kier alpha value is -0.290. The molecule has 1 aromatic heterocycles. The van der Waals surface area contributed by atoms with Crippen LogP contribution in [-0.2, 0) is 11.2 Å². The van der Waals surface area contributed by atoms with Crippen LogP contribution in [0, 0.1) is 0 Å². The topological polar surface area (TPSA) is 51.8 Å². The average Bonchev–Trinajstić information content (AvgIpc) is 2.17. The molecule has 0 aliphatic carbocycles. The number of aromatic nitrogens is 2. The summed E-state index contributed by atoms with van der Waals surface area (Å²) in [6.45, 7) is 10.7. The number of thioether (sulfide) groups is 1. The molecule has 0 unspecified atom stereocenters. The van der Waals surface area contributed by atoms with Crippen molar-refractivity contribution in [1.82, 2.24) is 9.97 Å². The number of halogens is 1. The molecule has 1 rings (SSSR count). The number of hydrogen-bond acceptors (Lipinski definition) is 4. The van der Waals surface area contributed by atoms with Crippen molar-refractivity contribution in [2.45, 2.75) is 51.0 Å². The van der Waals surface area contributed by atoms with E-state index in [4.69, 9.17) is 5.73 Å². The first-order valence-corrected chi connectivity index (χ1v) is 7.50. The first kappa shape index (κ1) is 14.8. The highest BCUT2D eigenvalue weighted by Crippen LogP contribution is 2.31. The van der Waals surface area contributed by atoms with Gasteiger partial charge in [0.1, 0.15) is 11.6 Å². The van der Waals surface area contributed by atoms with E-state index in [0.29, 0.717) is 11.1 Å². The number of hydrogen-bond donors (Lipinski definition) is 1. The Morgan fingerprint density at radius 3 is 2.35 bits per heavy atom. The third-order valence-corrected chi connectivity index (χ3v) is 4.05. The minimum absolute atomic E-state index is 0.0346. The van der Waals surface area contributed by atoms with Crippen molar-refractivity contribution in [3.05, 3.63) is 16.0 Å². The van der Waals surface area contributed by atoms with Crippen LogP contribution in [0.2, 0.25) is 0 Å². The molecule has 0 aliphatic heterocycles. The van der Waals surface area contributed by atoms with Gasteiger partial charge < -0.3 is 5.73 Å². The molecule has 0 saturated carbocycles. The Kier molecular flexibility index (Phi) is 4.84. The van der Waals surface area contributed by atoms with Gasteiger partial charge in [-0.05, 0) is 21.2 Å². The molecule has 0 atom stereocenters. The van der Waals surface area contributed by atoms with Gasteiger partial charge in [0, 0.05) is 5.41 Å². The van der Waals surface area contributed by atoms with Gasteiger partial charge in [0.25, 0.3) is 0 Å². The molecule has 5 heteroatoms. The maximum atomic E-state index is 5.92. The molecule has 1 heterocycles. The molecule has 1 aromatic rings. The number of anilines is 1. The Labute approximate surface area is 116 Å². The molecular weight excluding hydrogens is 298 g/mol. The first-order chi connectivity index (χ1) is 7.71. The van der Waals surface area contributed by atoms with E-state index in [-0.39, 0.29) is 5.41 Å². The minimum atomic E-state index is -0.0346. The monoisotopic (exact) mass is 317 g/mol.